The van der Waals surface area contributed by atoms with E-state index in [0.29, 0.717) is 6.07 Å². The van der Waals surface area contributed by atoms with Crippen molar-refractivity contribution in [1.82, 2.24) is 0 Å². The topological polar surface area (TPSA) is 191 Å². The van der Waals surface area contributed by atoms with E-state index in [1.54, 1.807) is 13.8 Å². The second kappa shape index (κ2) is 7.45. The number of hydrogen-bond donors (Lipinski definition) is 1. The highest BCUT2D eigenvalue weighted by atomic mass is 16.6. The summed E-state index contributed by atoms with van der Waals surface area (Å²) in [7, 11) is 0. The van der Waals surface area contributed by atoms with Gasteiger partial charge in [0.25, 0.3) is 5.69 Å². The molecule has 2 atom stereocenters. The molecule has 12 nitrogen and oxygen atoms in total. The normalized spacial score (nSPS) is 23.4. The molecule has 0 amide bonds. The summed E-state index contributed by atoms with van der Waals surface area (Å²) in [6, 6.07) is 2.74. The zero-order chi connectivity index (χ0) is 22.1. The van der Waals surface area contributed by atoms with Gasteiger partial charge in [-0.25, -0.2) is 0 Å². The van der Waals surface area contributed by atoms with Crippen molar-refractivity contribution in [2.75, 3.05) is 5.43 Å². The van der Waals surface area contributed by atoms with Crippen molar-refractivity contribution in [2.24, 2.45) is 21.8 Å². The fourth-order valence-electron chi connectivity index (χ4n) is 3.73. The number of rotatable bonds is 7. The van der Waals surface area contributed by atoms with Gasteiger partial charge in [-0.3, -0.25) is 25.7 Å². The number of aliphatic carboxylic acids is 2. The molecule has 0 saturated heterocycles. The zero-order valence-corrected chi connectivity index (χ0v) is 15.8. The van der Waals surface area contributed by atoms with Gasteiger partial charge in [-0.2, -0.15) is 5.10 Å². The molecular weight excluding hydrogens is 388 g/mol. The Bertz CT molecular complexity index is 926. The fraction of sp³-hybridized carbons (Fsp3) is 0.471. The Hall–Kier alpha value is -3.57. The average Bonchev–Trinajstić information content (AvgIpc) is 2.84. The van der Waals surface area contributed by atoms with Crippen LogP contribution in [0.2, 0.25) is 0 Å². The number of non-ortho nitro benzene ring substituents is 1. The Labute approximate surface area is 164 Å². The summed E-state index contributed by atoms with van der Waals surface area (Å²) in [5, 5.41) is 49.0. The van der Waals surface area contributed by atoms with Crippen molar-refractivity contribution in [3.63, 3.8) is 0 Å². The molecule has 12 heteroatoms. The van der Waals surface area contributed by atoms with Crippen LogP contribution in [-0.4, -0.2) is 27.5 Å². The lowest BCUT2D eigenvalue weighted by Gasteiger charge is -2.43. The maximum atomic E-state index is 11.8. The summed E-state index contributed by atoms with van der Waals surface area (Å²) in [6.07, 6.45) is 0.325. The molecule has 0 bridgehead atoms. The number of nitro benzene ring substituents is 2. The van der Waals surface area contributed by atoms with Gasteiger partial charge in [0, 0.05) is 23.4 Å². The van der Waals surface area contributed by atoms with Crippen LogP contribution in [-0.2, 0) is 9.59 Å². The number of hydrazone groups is 1. The van der Waals surface area contributed by atoms with Crippen molar-refractivity contribution >= 4 is 34.7 Å². The quantitative estimate of drug-likeness (QED) is 0.374. The van der Waals surface area contributed by atoms with E-state index in [1.807, 2.05) is 0 Å². The summed E-state index contributed by atoms with van der Waals surface area (Å²) < 4.78 is 0. The van der Waals surface area contributed by atoms with Crippen LogP contribution in [0.1, 0.15) is 33.6 Å². The molecule has 2 rings (SSSR count). The highest BCUT2D eigenvalue weighted by molar-refractivity contribution is 6.37. The number of carbonyl (C=O) groups is 2. The van der Waals surface area contributed by atoms with Crippen LogP contribution in [0.15, 0.2) is 23.3 Å². The van der Waals surface area contributed by atoms with Gasteiger partial charge in [0.15, 0.2) is 0 Å². The predicted molar refractivity (Wildman–Crippen MR) is 95.4 cm³/mol. The van der Waals surface area contributed by atoms with Gasteiger partial charge in [-0.1, -0.05) is 20.8 Å². The molecule has 1 N–H and O–H groups in total. The summed E-state index contributed by atoms with van der Waals surface area (Å²) >= 11 is 0. The molecule has 0 heterocycles. The SMILES string of the molecule is CC1(C)[C@H](C(=O)[O-])CC[C@@]1(C)/C(=N/Nc1ccc([N+](=O)[O-])cc1[N+](=O)[O-])C(=O)[O-]. The molecule has 1 saturated carbocycles. The van der Waals surface area contributed by atoms with Gasteiger partial charge in [0.1, 0.15) is 5.69 Å². The van der Waals surface area contributed by atoms with E-state index in [0.717, 1.165) is 12.1 Å². The summed E-state index contributed by atoms with van der Waals surface area (Å²) in [4.78, 5) is 43.5. The fourth-order valence-corrected chi connectivity index (χ4v) is 3.73. The van der Waals surface area contributed by atoms with E-state index in [4.69, 9.17) is 0 Å². The van der Waals surface area contributed by atoms with Crippen molar-refractivity contribution in [1.29, 1.82) is 0 Å². The Morgan fingerprint density at radius 3 is 2.21 bits per heavy atom. The van der Waals surface area contributed by atoms with E-state index in [1.165, 1.54) is 6.92 Å². The molecule has 0 spiro atoms. The smallest absolute Gasteiger partial charge is 0.301 e. The van der Waals surface area contributed by atoms with Crippen LogP contribution >= 0.6 is 0 Å². The van der Waals surface area contributed by atoms with Gasteiger partial charge in [-0.15, -0.1) is 0 Å². The maximum Gasteiger partial charge on any atom is 0.301 e. The molecule has 1 aromatic carbocycles. The second-order valence-corrected chi connectivity index (χ2v) is 7.54. The van der Waals surface area contributed by atoms with Crippen molar-refractivity contribution in [2.45, 2.75) is 33.6 Å². The monoisotopic (exact) mass is 406 g/mol. The number of carbonyl (C=O) groups excluding carboxylic acids is 2. The van der Waals surface area contributed by atoms with Crippen LogP contribution in [0, 0.1) is 37.0 Å². The number of carboxylic acid groups (broad SMARTS) is 2. The van der Waals surface area contributed by atoms with Crippen LogP contribution < -0.4 is 15.6 Å². The van der Waals surface area contributed by atoms with Crippen molar-refractivity contribution in [3.8, 4) is 0 Å². The first-order valence-corrected chi connectivity index (χ1v) is 8.52. The zero-order valence-electron chi connectivity index (χ0n) is 15.8. The molecule has 29 heavy (non-hydrogen) atoms. The molecule has 1 fully saturated rings. The van der Waals surface area contributed by atoms with Crippen LogP contribution in [0.3, 0.4) is 0 Å². The lowest BCUT2D eigenvalue weighted by molar-refractivity contribution is -0.393. The van der Waals surface area contributed by atoms with Gasteiger partial charge in [0.2, 0.25) is 0 Å². The van der Waals surface area contributed by atoms with Crippen molar-refractivity contribution < 1.29 is 29.6 Å². The molecule has 156 valence electrons. The number of nitro groups is 2. The van der Waals surface area contributed by atoms with Gasteiger partial charge in [-0.05, 0) is 24.3 Å². The number of nitrogens with zero attached hydrogens (tertiary/aromatic N) is 3. The second-order valence-electron chi connectivity index (χ2n) is 7.54. The standard InChI is InChI=1S/C17H20N4O8/c1-16(2)10(14(22)23)6-7-17(16,3)13(15(24)25)19-18-11-5-4-9(20(26)27)8-12(11)21(28)29/h4-5,8,10,18H,6-7H2,1-3H3,(H,22,23)(H,24,25)/p-2/b19-13+/t10-,17-/m0/s1. The Kier molecular flexibility index (Phi) is 5.58. The summed E-state index contributed by atoms with van der Waals surface area (Å²) in [5.74, 6) is -3.90. The molecule has 0 aliphatic heterocycles. The van der Waals surface area contributed by atoms with E-state index >= 15 is 0 Å². The molecule has 1 aliphatic carbocycles. The number of hydrogen-bond acceptors (Lipinski definition) is 10. The minimum Gasteiger partial charge on any atom is -0.550 e. The summed E-state index contributed by atoms with van der Waals surface area (Å²) in [5.41, 5.74) is -2.01. The first kappa shape index (κ1) is 21.7. The highest BCUT2D eigenvalue weighted by Crippen LogP contribution is 2.56. The number of anilines is 1. The largest absolute Gasteiger partial charge is 0.550 e. The van der Waals surface area contributed by atoms with Crippen LogP contribution in [0.25, 0.3) is 0 Å². The van der Waals surface area contributed by atoms with E-state index in [-0.39, 0.29) is 18.5 Å². The van der Waals surface area contributed by atoms with Gasteiger partial charge >= 0.3 is 5.69 Å². The lowest BCUT2D eigenvalue weighted by Crippen LogP contribution is -2.51. The van der Waals surface area contributed by atoms with E-state index in [2.05, 4.69) is 10.5 Å². The first-order chi connectivity index (χ1) is 13.3. The minimum atomic E-state index is -1.67. The third kappa shape index (κ3) is 3.73. The predicted octanol–water partition coefficient (Wildman–Crippen LogP) is 0.213. The van der Waals surface area contributed by atoms with Crippen LogP contribution in [0.5, 0.6) is 0 Å². The average molecular weight is 406 g/mol. The Morgan fingerprint density at radius 1 is 1.14 bits per heavy atom. The highest BCUT2D eigenvalue weighted by Gasteiger charge is 2.55. The van der Waals surface area contributed by atoms with E-state index in [9.17, 15) is 40.0 Å². The lowest BCUT2D eigenvalue weighted by atomic mass is 9.63. The minimum absolute atomic E-state index is 0.162. The first-order valence-electron chi connectivity index (χ1n) is 8.52. The molecule has 0 aromatic heterocycles. The summed E-state index contributed by atoms with van der Waals surface area (Å²) in [6.45, 7) is 4.68. The van der Waals surface area contributed by atoms with Gasteiger partial charge < -0.3 is 19.8 Å². The number of benzene rings is 1. The maximum absolute atomic E-state index is 11.8. The Morgan fingerprint density at radius 2 is 1.76 bits per heavy atom. The molecule has 1 aromatic rings. The number of nitrogens with one attached hydrogen (secondary N) is 1. The van der Waals surface area contributed by atoms with Crippen LogP contribution in [0.4, 0.5) is 17.1 Å². The molecule has 0 radical (unpaired) electrons. The third-order valence-corrected chi connectivity index (χ3v) is 5.90. The van der Waals surface area contributed by atoms with Crippen molar-refractivity contribution in [3.05, 3.63) is 38.4 Å². The van der Waals surface area contributed by atoms with E-state index < -0.39 is 55.6 Å². The van der Waals surface area contributed by atoms with Gasteiger partial charge in [0.05, 0.1) is 27.6 Å². The number of carboxylic acids is 2. The third-order valence-electron chi connectivity index (χ3n) is 5.90. The molecule has 0 unspecified atom stereocenters. The molecule has 1 aliphatic rings. The Balaban J connectivity index is 2.48. The molecular formula is C17H18N4O8-2.